The Morgan fingerprint density at radius 3 is 2.64 bits per heavy atom. The highest BCUT2D eigenvalue weighted by Crippen LogP contribution is 2.23. The average Bonchev–Trinajstić information content (AvgIpc) is 2.16. The van der Waals surface area contributed by atoms with Gasteiger partial charge >= 0.3 is 0 Å². The zero-order valence-electron chi connectivity index (χ0n) is 8.00. The van der Waals surface area contributed by atoms with Gasteiger partial charge in [0.05, 0.1) is 12.7 Å². The Bertz CT molecular complexity index is 419. The van der Waals surface area contributed by atoms with Crippen LogP contribution in [0, 0.1) is 18.3 Å². The van der Waals surface area contributed by atoms with Crippen molar-refractivity contribution in [3.8, 4) is 11.8 Å². The van der Waals surface area contributed by atoms with Gasteiger partial charge in [-0.1, -0.05) is 0 Å². The largest absolute Gasteiger partial charge is 0.495 e. The van der Waals surface area contributed by atoms with Gasteiger partial charge in [-0.25, -0.2) is 0 Å². The van der Waals surface area contributed by atoms with Gasteiger partial charge in [0.15, 0.2) is 0 Å². The van der Waals surface area contributed by atoms with E-state index in [-0.39, 0.29) is 0 Å². The van der Waals surface area contributed by atoms with Crippen LogP contribution in [0.5, 0.6) is 5.75 Å². The molecule has 0 aliphatic heterocycles. The number of nitriles is 1. The Labute approximate surface area is 81.9 Å². The predicted molar refractivity (Wildman–Crippen MR) is 51.0 cm³/mol. The Morgan fingerprint density at radius 1 is 1.57 bits per heavy atom. The molecule has 1 rings (SSSR count). The number of hydrogen-bond acceptors (Lipinski definition) is 3. The summed E-state index contributed by atoms with van der Waals surface area (Å²) in [6, 6.07) is 5.04. The minimum atomic E-state index is -0.532. The van der Waals surface area contributed by atoms with E-state index in [4.69, 9.17) is 15.7 Å². The van der Waals surface area contributed by atoms with Gasteiger partial charge in [0.2, 0.25) is 5.91 Å². The highest BCUT2D eigenvalue weighted by atomic mass is 16.5. The molecular formula is C10H10N2O2. The number of methoxy groups -OCH3 is 1. The van der Waals surface area contributed by atoms with Gasteiger partial charge in [-0.05, 0) is 24.6 Å². The van der Waals surface area contributed by atoms with Gasteiger partial charge in [-0.15, -0.1) is 0 Å². The second-order valence-electron chi connectivity index (χ2n) is 2.85. The summed E-state index contributed by atoms with van der Waals surface area (Å²) in [4.78, 5) is 10.9. The lowest BCUT2D eigenvalue weighted by Gasteiger charge is -2.06. The zero-order chi connectivity index (χ0) is 10.7. The summed E-state index contributed by atoms with van der Waals surface area (Å²) in [6.07, 6.45) is 0. The summed E-state index contributed by atoms with van der Waals surface area (Å²) in [7, 11) is 1.44. The van der Waals surface area contributed by atoms with Crippen molar-refractivity contribution in [3.63, 3.8) is 0 Å². The first kappa shape index (κ1) is 10.1. The summed E-state index contributed by atoms with van der Waals surface area (Å²) in [5, 5.41) is 8.81. The van der Waals surface area contributed by atoms with Crippen LogP contribution in [-0.2, 0) is 0 Å². The van der Waals surface area contributed by atoms with Crippen LogP contribution in [0.15, 0.2) is 12.1 Å². The van der Waals surface area contributed by atoms with Crippen LogP contribution in [-0.4, -0.2) is 13.0 Å². The molecule has 0 radical (unpaired) electrons. The summed E-state index contributed by atoms with van der Waals surface area (Å²) in [5.41, 5.74) is 6.58. The SMILES string of the molecule is COc1cc(C(N)=O)cc(C)c1C#N. The molecule has 4 nitrogen and oxygen atoms in total. The van der Waals surface area contributed by atoms with E-state index < -0.39 is 5.91 Å². The lowest BCUT2D eigenvalue weighted by atomic mass is 10.0. The highest BCUT2D eigenvalue weighted by Gasteiger charge is 2.10. The Morgan fingerprint density at radius 2 is 2.21 bits per heavy atom. The summed E-state index contributed by atoms with van der Waals surface area (Å²) in [6.45, 7) is 1.73. The van der Waals surface area contributed by atoms with Crippen molar-refractivity contribution in [1.82, 2.24) is 0 Å². The molecule has 0 bridgehead atoms. The van der Waals surface area contributed by atoms with Crippen molar-refractivity contribution in [3.05, 3.63) is 28.8 Å². The maximum atomic E-state index is 10.9. The fraction of sp³-hybridized carbons (Fsp3) is 0.200. The van der Waals surface area contributed by atoms with Crippen LogP contribution in [0.1, 0.15) is 21.5 Å². The standard InChI is InChI=1S/C10H10N2O2/c1-6-3-7(10(12)13)4-9(14-2)8(6)5-11/h3-4H,1-2H3,(H2,12,13). The maximum Gasteiger partial charge on any atom is 0.248 e. The van der Waals surface area contributed by atoms with E-state index in [9.17, 15) is 4.79 Å². The Hall–Kier alpha value is -2.02. The fourth-order valence-electron chi connectivity index (χ4n) is 1.20. The fourth-order valence-corrected chi connectivity index (χ4v) is 1.20. The second kappa shape index (κ2) is 3.79. The maximum absolute atomic E-state index is 10.9. The number of rotatable bonds is 2. The molecule has 1 aromatic rings. The minimum Gasteiger partial charge on any atom is -0.495 e. The third kappa shape index (κ3) is 1.67. The molecule has 1 aromatic carbocycles. The molecule has 0 aliphatic carbocycles. The van der Waals surface area contributed by atoms with Gasteiger partial charge < -0.3 is 10.5 Å². The molecule has 0 atom stereocenters. The topological polar surface area (TPSA) is 76.1 Å². The number of benzene rings is 1. The molecule has 0 saturated heterocycles. The lowest BCUT2D eigenvalue weighted by Crippen LogP contribution is -2.11. The van der Waals surface area contributed by atoms with E-state index in [0.29, 0.717) is 22.4 Å². The number of ether oxygens (including phenoxy) is 1. The zero-order valence-corrected chi connectivity index (χ0v) is 8.00. The first-order valence-corrected chi connectivity index (χ1v) is 3.98. The van der Waals surface area contributed by atoms with Crippen LogP contribution >= 0.6 is 0 Å². The second-order valence-corrected chi connectivity index (χ2v) is 2.85. The Kier molecular flexibility index (Phi) is 2.73. The number of nitrogens with two attached hydrogens (primary N) is 1. The number of carbonyl (C=O) groups is 1. The van der Waals surface area contributed by atoms with E-state index in [2.05, 4.69) is 0 Å². The molecule has 0 fully saturated rings. The molecule has 72 valence electrons. The molecule has 2 N–H and O–H groups in total. The van der Waals surface area contributed by atoms with Crippen molar-refractivity contribution in [1.29, 1.82) is 5.26 Å². The average molecular weight is 190 g/mol. The van der Waals surface area contributed by atoms with Crippen molar-refractivity contribution in [2.75, 3.05) is 7.11 Å². The number of hydrogen-bond donors (Lipinski definition) is 1. The number of primary amides is 1. The number of nitrogens with zero attached hydrogens (tertiary/aromatic N) is 1. The van der Waals surface area contributed by atoms with Crippen LogP contribution in [0.4, 0.5) is 0 Å². The third-order valence-corrected chi connectivity index (χ3v) is 1.92. The first-order chi connectivity index (χ1) is 6.60. The highest BCUT2D eigenvalue weighted by molar-refractivity contribution is 5.93. The quantitative estimate of drug-likeness (QED) is 0.755. The molecule has 0 aliphatic rings. The molecule has 14 heavy (non-hydrogen) atoms. The van der Waals surface area contributed by atoms with E-state index in [0.717, 1.165) is 0 Å². The third-order valence-electron chi connectivity index (χ3n) is 1.92. The van der Waals surface area contributed by atoms with Crippen molar-refractivity contribution < 1.29 is 9.53 Å². The van der Waals surface area contributed by atoms with Crippen LogP contribution in [0.3, 0.4) is 0 Å². The minimum absolute atomic E-state index is 0.346. The van der Waals surface area contributed by atoms with E-state index >= 15 is 0 Å². The van der Waals surface area contributed by atoms with E-state index in [1.165, 1.54) is 13.2 Å². The molecule has 0 spiro atoms. The smallest absolute Gasteiger partial charge is 0.248 e. The normalized spacial score (nSPS) is 9.21. The summed E-state index contributed by atoms with van der Waals surface area (Å²) in [5.74, 6) is -0.155. The van der Waals surface area contributed by atoms with Crippen LogP contribution in [0.2, 0.25) is 0 Å². The molecule has 0 saturated carbocycles. The predicted octanol–water partition coefficient (Wildman–Crippen LogP) is 0.974. The number of carbonyl (C=O) groups excluding carboxylic acids is 1. The monoisotopic (exact) mass is 190 g/mol. The lowest BCUT2D eigenvalue weighted by molar-refractivity contribution is 0.1000. The molecule has 4 heteroatoms. The molecular weight excluding hydrogens is 180 g/mol. The van der Waals surface area contributed by atoms with Crippen LogP contribution in [0.25, 0.3) is 0 Å². The summed E-state index contributed by atoms with van der Waals surface area (Å²) >= 11 is 0. The molecule has 0 unspecified atom stereocenters. The van der Waals surface area contributed by atoms with Crippen molar-refractivity contribution >= 4 is 5.91 Å². The molecule has 0 heterocycles. The van der Waals surface area contributed by atoms with Crippen molar-refractivity contribution in [2.24, 2.45) is 5.73 Å². The number of aryl methyl sites for hydroxylation is 1. The van der Waals surface area contributed by atoms with Crippen LogP contribution < -0.4 is 10.5 Å². The van der Waals surface area contributed by atoms with Gasteiger partial charge in [0.25, 0.3) is 0 Å². The number of amides is 1. The van der Waals surface area contributed by atoms with Crippen molar-refractivity contribution in [2.45, 2.75) is 6.92 Å². The first-order valence-electron chi connectivity index (χ1n) is 3.98. The summed E-state index contributed by atoms with van der Waals surface area (Å²) < 4.78 is 4.98. The van der Waals surface area contributed by atoms with Gasteiger partial charge in [-0.2, -0.15) is 5.26 Å². The molecule has 1 amide bonds. The van der Waals surface area contributed by atoms with E-state index in [1.807, 2.05) is 6.07 Å². The van der Waals surface area contributed by atoms with Gasteiger partial charge in [-0.3, -0.25) is 4.79 Å². The van der Waals surface area contributed by atoms with Gasteiger partial charge in [0.1, 0.15) is 11.8 Å². The van der Waals surface area contributed by atoms with E-state index in [1.54, 1.807) is 13.0 Å². The molecule has 0 aromatic heterocycles. The van der Waals surface area contributed by atoms with Gasteiger partial charge in [0, 0.05) is 5.56 Å². The Balaban J connectivity index is 3.40.